The Labute approximate surface area is 301 Å². The second-order valence-corrected chi connectivity index (χ2v) is 14.8. The zero-order valence-corrected chi connectivity index (χ0v) is 29.1. The Morgan fingerprint density at radius 1 is 0.627 bits per heavy atom. The van der Waals surface area contributed by atoms with Crippen LogP contribution in [-0.2, 0) is 0 Å². The van der Waals surface area contributed by atoms with Gasteiger partial charge in [-0.2, -0.15) is 0 Å². The fraction of sp³-hybridized carbons (Fsp3) is 0.106. The smallest absolute Gasteiger partial charge is 0.230 e. The summed E-state index contributed by atoms with van der Waals surface area (Å²) >= 11 is 1.88. The van der Waals surface area contributed by atoms with E-state index in [0.29, 0.717) is 5.92 Å². The lowest BCUT2D eigenvalue weighted by molar-refractivity contribution is 0.761. The molecule has 0 N–H and O–H groups in total. The summed E-state index contributed by atoms with van der Waals surface area (Å²) < 4.78 is 4.92. The number of hydrogen-bond donors (Lipinski definition) is 0. The van der Waals surface area contributed by atoms with Gasteiger partial charge in [0, 0.05) is 43.3 Å². The second kappa shape index (κ2) is 12.2. The van der Waals surface area contributed by atoms with Gasteiger partial charge in [-0.05, 0) is 77.1 Å². The standard InChI is InChI=1S/C47H35N3S/c1-30-27-42(36-14-9-13-34(28-36)33-23-21-32(22-24-33)31-11-3-2-4-12-31)49-47(48-30)50-43-19-7-5-15-38(43)41-29-35(25-26-44(41)50)37-17-10-18-40-39-16-6-8-20-45(39)51-46(37)40/h2-11,13-26,28-31H,12,27H2,1H3. The molecule has 8 aromatic rings. The second-order valence-electron chi connectivity index (χ2n) is 13.8. The molecule has 0 saturated heterocycles. The summed E-state index contributed by atoms with van der Waals surface area (Å²) in [5.74, 6) is 1.20. The molecule has 10 rings (SSSR count). The monoisotopic (exact) mass is 673 g/mol. The van der Waals surface area contributed by atoms with Crippen LogP contribution < -0.4 is 0 Å². The molecule has 6 aromatic carbocycles. The lowest BCUT2D eigenvalue weighted by Gasteiger charge is -2.20. The van der Waals surface area contributed by atoms with Gasteiger partial charge in [0.05, 0.1) is 22.8 Å². The maximum absolute atomic E-state index is 5.32. The van der Waals surface area contributed by atoms with E-state index in [2.05, 4.69) is 169 Å². The van der Waals surface area contributed by atoms with Crippen LogP contribution in [0, 0.1) is 0 Å². The predicted molar refractivity (Wildman–Crippen MR) is 219 cm³/mol. The molecule has 0 amide bonds. The van der Waals surface area contributed by atoms with Gasteiger partial charge >= 0.3 is 0 Å². The van der Waals surface area contributed by atoms with Crippen LogP contribution in [0.5, 0.6) is 0 Å². The first-order valence-electron chi connectivity index (χ1n) is 17.8. The third-order valence-electron chi connectivity index (χ3n) is 10.5. The first-order chi connectivity index (χ1) is 25.2. The van der Waals surface area contributed by atoms with E-state index in [9.17, 15) is 0 Å². The maximum atomic E-state index is 5.32. The summed E-state index contributed by atoms with van der Waals surface area (Å²) in [6.07, 6.45) is 10.7. The molecule has 4 heteroatoms. The molecule has 0 radical (unpaired) electrons. The van der Waals surface area contributed by atoms with Crippen LogP contribution in [0.15, 0.2) is 168 Å². The Kier molecular flexibility index (Phi) is 7.17. The topological polar surface area (TPSA) is 29.6 Å². The molecular formula is C47H35N3S. The van der Waals surface area contributed by atoms with Crippen molar-refractivity contribution in [2.24, 2.45) is 9.98 Å². The van der Waals surface area contributed by atoms with E-state index in [-0.39, 0.29) is 6.04 Å². The Hall–Kier alpha value is -5.84. The minimum atomic E-state index is 0.106. The number of aliphatic imine (C=N–C) groups is 2. The molecule has 2 unspecified atom stereocenters. The first kappa shape index (κ1) is 30.0. The van der Waals surface area contributed by atoms with Crippen LogP contribution in [0.3, 0.4) is 0 Å². The largest absolute Gasteiger partial charge is 0.278 e. The number of benzene rings is 6. The Bertz CT molecular complexity index is 2770. The van der Waals surface area contributed by atoms with E-state index < -0.39 is 0 Å². The molecule has 3 heterocycles. The molecule has 2 aromatic heterocycles. The number of nitrogens with zero attached hydrogens (tertiary/aromatic N) is 3. The predicted octanol–water partition coefficient (Wildman–Crippen LogP) is 12.6. The number of hydrogen-bond acceptors (Lipinski definition) is 3. The van der Waals surface area contributed by atoms with Gasteiger partial charge in [0.1, 0.15) is 0 Å². The summed E-state index contributed by atoms with van der Waals surface area (Å²) in [4.78, 5) is 10.5. The lowest BCUT2D eigenvalue weighted by Crippen LogP contribution is -2.23. The van der Waals surface area contributed by atoms with Crippen molar-refractivity contribution >= 4 is 65.0 Å². The van der Waals surface area contributed by atoms with Crippen LogP contribution in [-0.4, -0.2) is 22.3 Å². The normalized spacial score (nSPS) is 17.4. The van der Waals surface area contributed by atoms with Gasteiger partial charge in [-0.3, -0.25) is 4.57 Å². The first-order valence-corrected chi connectivity index (χ1v) is 18.6. The highest BCUT2D eigenvalue weighted by atomic mass is 32.1. The van der Waals surface area contributed by atoms with Crippen molar-refractivity contribution in [3.63, 3.8) is 0 Å². The highest BCUT2D eigenvalue weighted by Gasteiger charge is 2.22. The zero-order valence-electron chi connectivity index (χ0n) is 28.3. The summed E-state index contributed by atoms with van der Waals surface area (Å²) in [5.41, 5.74) is 10.7. The molecule has 51 heavy (non-hydrogen) atoms. The molecule has 1 aliphatic heterocycles. The van der Waals surface area contributed by atoms with Crippen molar-refractivity contribution in [2.75, 3.05) is 0 Å². The Morgan fingerprint density at radius 3 is 2.27 bits per heavy atom. The van der Waals surface area contributed by atoms with E-state index in [1.54, 1.807) is 0 Å². The third kappa shape index (κ3) is 5.17. The number of allylic oxidation sites excluding steroid dienone is 4. The molecule has 0 bridgehead atoms. The number of thiophene rings is 1. The van der Waals surface area contributed by atoms with Crippen molar-refractivity contribution in [1.29, 1.82) is 0 Å². The highest BCUT2D eigenvalue weighted by Crippen LogP contribution is 2.41. The van der Waals surface area contributed by atoms with Crippen molar-refractivity contribution in [3.8, 4) is 22.3 Å². The van der Waals surface area contributed by atoms with E-state index in [4.69, 9.17) is 9.98 Å². The van der Waals surface area contributed by atoms with Crippen LogP contribution in [0.4, 0.5) is 0 Å². The minimum Gasteiger partial charge on any atom is -0.278 e. The van der Waals surface area contributed by atoms with Crippen molar-refractivity contribution < 1.29 is 0 Å². The third-order valence-corrected chi connectivity index (χ3v) is 11.7. The van der Waals surface area contributed by atoms with Crippen molar-refractivity contribution in [1.82, 2.24) is 4.57 Å². The molecule has 0 saturated carbocycles. The van der Waals surface area contributed by atoms with E-state index in [1.807, 2.05) is 11.3 Å². The van der Waals surface area contributed by atoms with Gasteiger partial charge in [0.15, 0.2) is 0 Å². The summed E-state index contributed by atoms with van der Waals surface area (Å²) in [6.45, 7) is 2.20. The molecule has 244 valence electrons. The van der Waals surface area contributed by atoms with Crippen molar-refractivity contribution in [2.45, 2.75) is 31.7 Å². The van der Waals surface area contributed by atoms with Gasteiger partial charge in [-0.25, -0.2) is 9.98 Å². The lowest BCUT2D eigenvalue weighted by atomic mass is 9.91. The maximum Gasteiger partial charge on any atom is 0.230 e. The molecule has 2 aliphatic rings. The van der Waals surface area contributed by atoms with Gasteiger partial charge in [0.25, 0.3) is 0 Å². The molecule has 0 fully saturated rings. The quantitative estimate of drug-likeness (QED) is 0.178. The average Bonchev–Trinajstić information content (AvgIpc) is 3.74. The number of rotatable bonds is 4. The zero-order chi connectivity index (χ0) is 33.9. The highest BCUT2D eigenvalue weighted by molar-refractivity contribution is 7.26. The van der Waals surface area contributed by atoms with Gasteiger partial charge in [0.2, 0.25) is 5.96 Å². The van der Waals surface area contributed by atoms with Crippen molar-refractivity contribution in [3.05, 3.63) is 169 Å². The average molecular weight is 674 g/mol. The van der Waals surface area contributed by atoms with Crippen LogP contribution in [0.2, 0.25) is 0 Å². The molecule has 2 atom stereocenters. The van der Waals surface area contributed by atoms with Crippen LogP contribution in [0.25, 0.3) is 64.2 Å². The van der Waals surface area contributed by atoms with Crippen LogP contribution in [0.1, 0.15) is 36.8 Å². The van der Waals surface area contributed by atoms with Gasteiger partial charge < -0.3 is 0 Å². The van der Waals surface area contributed by atoms with E-state index >= 15 is 0 Å². The summed E-state index contributed by atoms with van der Waals surface area (Å²) in [6, 6.07) is 49.0. The molecular weight excluding hydrogens is 639 g/mol. The molecule has 3 nitrogen and oxygen atoms in total. The van der Waals surface area contributed by atoms with Gasteiger partial charge in [-0.1, -0.05) is 127 Å². The fourth-order valence-electron chi connectivity index (χ4n) is 7.97. The van der Waals surface area contributed by atoms with E-state index in [0.717, 1.165) is 41.1 Å². The fourth-order valence-corrected chi connectivity index (χ4v) is 9.21. The Balaban J connectivity index is 1.04. The number of aromatic nitrogens is 1. The summed E-state index contributed by atoms with van der Waals surface area (Å²) in [5, 5.41) is 5.06. The summed E-state index contributed by atoms with van der Waals surface area (Å²) in [7, 11) is 0. The Morgan fingerprint density at radius 2 is 1.39 bits per heavy atom. The number of para-hydroxylation sites is 1. The van der Waals surface area contributed by atoms with E-state index in [1.165, 1.54) is 58.8 Å². The molecule has 1 aliphatic carbocycles. The minimum absolute atomic E-state index is 0.106. The number of fused-ring (bicyclic) bond motifs is 6. The van der Waals surface area contributed by atoms with Gasteiger partial charge in [-0.15, -0.1) is 11.3 Å². The van der Waals surface area contributed by atoms with Crippen LogP contribution >= 0.6 is 11.3 Å². The molecule has 0 spiro atoms. The SMILES string of the molecule is CC1CC(c2cccc(-c3ccc(C4C=CC=CC4)cc3)c2)=NC(n2c3ccccc3c3cc(-c4cccc5c4sc4ccccc45)ccc32)=N1.